The Morgan fingerprint density at radius 3 is 2.60 bits per heavy atom. The molecule has 2 N–H and O–H groups in total. The second-order valence-electron chi connectivity index (χ2n) is 6.90. The van der Waals surface area contributed by atoms with Crippen molar-refractivity contribution in [3.05, 3.63) is 35.4 Å². The summed E-state index contributed by atoms with van der Waals surface area (Å²) in [5.74, 6) is -0.276. The van der Waals surface area contributed by atoms with Crippen LogP contribution in [-0.4, -0.2) is 29.2 Å². The van der Waals surface area contributed by atoms with Crippen LogP contribution in [0.5, 0.6) is 0 Å². The quantitative estimate of drug-likeness (QED) is 0.822. The number of carbonyl (C=O) groups excluding carboxylic acids is 3. The third-order valence-electron chi connectivity index (χ3n) is 5.01. The number of carbonyl (C=O) groups is 3. The fourth-order valence-electron chi connectivity index (χ4n) is 3.56. The van der Waals surface area contributed by atoms with Crippen molar-refractivity contribution in [2.45, 2.75) is 51.5 Å². The minimum absolute atomic E-state index is 0.00145. The number of hydrogen-bond acceptors (Lipinski definition) is 3. The van der Waals surface area contributed by atoms with Crippen molar-refractivity contribution in [2.75, 3.05) is 6.54 Å². The van der Waals surface area contributed by atoms with E-state index in [2.05, 4.69) is 10.9 Å². The van der Waals surface area contributed by atoms with Gasteiger partial charge in [0.2, 0.25) is 11.8 Å². The van der Waals surface area contributed by atoms with Crippen LogP contribution in [0.1, 0.15) is 60.9 Å². The Bertz CT molecular complexity index is 653. The average molecular weight is 343 g/mol. The van der Waals surface area contributed by atoms with E-state index in [0.29, 0.717) is 18.5 Å². The number of hydrazine groups is 1. The van der Waals surface area contributed by atoms with Crippen LogP contribution in [0, 0.1) is 5.92 Å². The fourth-order valence-corrected chi connectivity index (χ4v) is 3.56. The van der Waals surface area contributed by atoms with Crippen LogP contribution in [0.2, 0.25) is 0 Å². The standard InChI is InChI=1S/C19H25N3O3/c23-17-10-5-11-22(17)13-14-6-4-9-16(12-14)19(25)21-20-18(24)15-7-2-1-3-8-15/h4,6,9,12,15H,1-3,5,7-8,10-11,13H2,(H,20,24)(H,21,25). The van der Waals surface area contributed by atoms with Gasteiger partial charge in [0, 0.05) is 31.0 Å². The van der Waals surface area contributed by atoms with Crippen molar-refractivity contribution < 1.29 is 14.4 Å². The zero-order valence-corrected chi connectivity index (χ0v) is 14.4. The number of likely N-dealkylation sites (tertiary alicyclic amines) is 1. The first kappa shape index (κ1) is 17.5. The van der Waals surface area contributed by atoms with Gasteiger partial charge in [0.1, 0.15) is 0 Å². The van der Waals surface area contributed by atoms with E-state index >= 15 is 0 Å². The summed E-state index contributed by atoms with van der Waals surface area (Å²) in [6.07, 6.45) is 6.61. The number of nitrogens with zero attached hydrogens (tertiary/aromatic N) is 1. The fraction of sp³-hybridized carbons (Fsp3) is 0.526. The Hall–Kier alpha value is -2.37. The molecular weight excluding hydrogens is 318 g/mol. The first-order chi connectivity index (χ1) is 12.1. The molecule has 2 aliphatic rings. The molecule has 1 aliphatic heterocycles. The first-order valence-corrected chi connectivity index (χ1v) is 9.10. The Labute approximate surface area is 147 Å². The summed E-state index contributed by atoms with van der Waals surface area (Å²) in [7, 11) is 0. The van der Waals surface area contributed by atoms with Gasteiger partial charge in [-0.15, -0.1) is 0 Å². The van der Waals surface area contributed by atoms with Crippen molar-refractivity contribution in [2.24, 2.45) is 5.92 Å². The van der Waals surface area contributed by atoms with Crippen LogP contribution in [0.15, 0.2) is 24.3 Å². The number of nitrogens with one attached hydrogen (secondary N) is 2. The van der Waals surface area contributed by atoms with Crippen LogP contribution in [-0.2, 0) is 16.1 Å². The van der Waals surface area contributed by atoms with Gasteiger partial charge in [-0.05, 0) is 37.0 Å². The van der Waals surface area contributed by atoms with E-state index in [1.807, 2.05) is 11.0 Å². The van der Waals surface area contributed by atoms with Crippen molar-refractivity contribution >= 4 is 17.7 Å². The smallest absolute Gasteiger partial charge is 0.269 e. The molecular formula is C19H25N3O3. The Balaban J connectivity index is 1.53. The van der Waals surface area contributed by atoms with E-state index < -0.39 is 0 Å². The molecule has 1 aromatic rings. The van der Waals surface area contributed by atoms with Gasteiger partial charge in [0.15, 0.2) is 0 Å². The van der Waals surface area contributed by atoms with Crippen LogP contribution in [0.25, 0.3) is 0 Å². The lowest BCUT2D eigenvalue weighted by Crippen LogP contribution is -2.45. The normalized spacial score (nSPS) is 18.2. The molecule has 1 saturated carbocycles. The maximum absolute atomic E-state index is 12.3. The highest BCUT2D eigenvalue weighted by molar-refractivity contribution is 5.95. The van der Waals surface area contributed by atoms with Gasteiger partial charge >= 0.3 is 0 Å². The summed E-state index contributed by atoms with van der Waals surface area (Å²) in [4.78, 5) is 37.9. The molecule has 0 aromatic heterocycles. The Morgan fingerprint density at radius 1 is 1.08 bits per heavy atom. The van der Waals surface area contributed by atoms with Crippen LogP contribution < -0.4 is 10.9 Å². The van der Waals surface area contributed by atoms with Crippen molar-refractivity contribution in [3.8, 4) is 0 Å². The van der Waals surface area contributed by atoms with E-state index in [0.717, 1.165) is 44.2 Å². The maximum Gasteiger partial charge on any atom is 0.269 e. The minimum Gasteiger partial charge on any atom is -0.338 e. The van der Waals surface area contributed by atoms with Crippen molar-refractivity contribution in [3.63, 3.8) is 0 Å². The Morgan fingerprint density at radius 2 is 1.88 bits per heavy atom. The number of hydrogen-bond donors (Lipinski definition) is 2. The molecule has 0 bridgehead atoms. The molecule has 6 nitrogen and oxygen atoms in total. The first-order valence-electron chi connectivity index (χ1n) is 9.10. The van der Waals surface area contributed by atoms with Gasteiger partial charge < -0.3 is 4.90 Å². The summed E-state index contributed by atoms with van der Waals surface area (Å²) < 4.78 is 0. The highest BCUT2D eigenvalue weighted by Crippen LogP contribution is 2.23. The van der Waals surface area contributed by atoms with Gasteiger partial charge in [-0.25, -0.2) is 0 Å². The van der Waals surface area contributed by atoms with Gasteiger partial charge in [-0.2, -0.15) is 0 Å². The number of amides is 3. The molecule has 0 atom stereocenters. The van der Waals surface area contributed by atoms with E-state index in [1.165, 1.54) is 6.42 Å². The molecule has 25 heavy (non-hydrogen) atoms. The topological polar surface area (TPSA) is 78.5 Å². The molecule has 0 radical (unpaired) electrons. The summed E-state index contributed by atoms with van der Waals surface area (Å²) in [6.45, 7) is 1.29. The van der Waals surface area contributed by atoms with Crippen LogP contribution in [0.3, 0.4) is 0 Å². The lowest BCUT2D eigenvalue weighted by molar-refractivity contribution is -0.128. The SMILES string of the molecule is O=C(NNC(=O)C1CCCCC1)c1cccc(CN2CCCC2=O)c1. The highest BCUT2D eigenvalue weighted by Gasteiger charge is 2.22. The van der Waals surface area contributed by atoms with Crippen LogP contribution >= 0.6 is 0 Å². The summed E-state index contributed by atoms with van der Waals surface area (Å²) in [5, 5.41) is 0. The molecule has 3 amide bonds. The second kappa shape index (κ2) is 8.14. The maximum atomic E-state index is 12.3. The van der Waals surface area contributed by atoms with E-state index in [4.69, 9.17) is 0 Å². The zero-order valence-electron chi connectivity index (χ0n) is 14.4. The molecule has 1 heterocycles. The largest absolute Gasteiger partial charge is 0.338 e. The average Bonchev–Trinajstić information content (AvgIpc) is 3.05. The molecule has 6 heteroatoms. The molecule has 1 aliphatic carbocycles. The molecule has 3 rings (SSSR count). The molecule has 0 unspecified atom stereocenters. The lowest BCUT2D eigenvalue weighted by Gasteiger charge is -2.21. The van der Waals surface area contributed by atoms with Gasteiger partial charge in [0.25, 0.3) is 5.91 Å². The molecule has 1 aromatic carbocycles. The zero-order chi connectivity index (χ0) is 17.6. The van der Waals surface area contributed by atoms with E-state index in [-0.39, 0.29) is 23.6 Å². The molecule has 2 fully saturated rings. The summed E-state index contributed by atoms with van der Waals surface area (Å²) in [6, 6.07) is 7.18. The third kappa shape index (κ3) is 4.59. The molecule has 1 saturated heterocycles. The van der Waals surface area contributed by atoms with E-state index in [9.17, 15) is 14.4 Å². The molecule has 134 valence electrons. The summed E-state index contributed by atoms with van der Waals surface area (Å²) in [5.41, 5.74) is 6.45. The van der Waals surface area contributed by atoms with E-state index in [1.54, 1.807) is 18.2 Å². The van der Waals surface area contributed by atoms with Crippen molar-refractivity contribution in [1.82, 2.24) is 15.8 Å². The lowest BCUT2D eigenvalue weighted by atomic mass is 9.89. The third-order valence-corrected chi connectivity index (χ3v) is 5.01. The van der Waals surface area contributed by atoms with Gasteiger partial charge in [-0.3, -0.25) is 25.2 Å². The monoisotopic (exact) mass is 343 g/mol. The van der Waals surface area contributed by atoms with Gasteiger partial charge in [-0.1, -0.05) is 31.4 Å². The van der Waals surface area contributed by atoms with Gasteiger partial charge in [0.05, 0.1) is 0 Å². The highest BCUT2D eigenvalue weighted by atomic mass is 16.2. The number of benzene rings is 1. The minimum atomic E-state index is -0.334. The predicted molar refractivity (Wildman–Crippen MR) is 93.3 cm³/mol. The molecule has 0 spiro atoms. The number of rotatable bonds is 4. The Kier molecular flexibility index (Phi) is 5.68. The summed E-state index contributed by atoms with van der Waals surface area (Å²) >= 11 is 0. The van der Waals surface area contributed by atoms with Crippen LogP contribution in [0.4, 0.5) is 0 Å². The predicted octanol–water partition coefficient (Wildman–Crippen LogP) is 2.15. The second-order valence-corrected chi connectivity index (χ2v) is 6.90. The van der Waals surface area contributed by atoms with Crippen molar-refractivity contribution in [1.29, 1.82) is 0 Å².